The Labute approximate surface area is 195 Å². The Morgan fingerprint density at radius 3 is 2.56 bits per heavy atom. The van der Waals surface area contributed by atoms with Crippen LogP contribution in [-0.4, -0.2) is 34.9 Å². The van der Waals surface area contributed by atoms with Gasteiger partial charge in [0.15, 0.2) is 0 Å². The van der Waals surface area contributed by atoms with Gasteiger partial charge in [-0.1, -0.05) is 19.1 Å². The molecule has 1 aromatic carbocycles. The van der Waals surface area contributed by atoms with Crippen molar-refractivity contribution in [2.45, 2.75) is 62.7 Å². The van der Waals surface area contributed by atoms with Crippen LogP contribution in [0.4, 0.5) is 18.9 Å². The maximum atomic E-state index is 13.3. The van der Waals surface area contributed by atoms with E-state index in [0.717, 1.165) is 24.6 Å². The lowest BCUT2D eigenvalue weighted by Crippen LogP contribution is -2.53. The summed E-state index contributed by atoms with van der Waals surface area (Å²) in [4.78, 5) is 24.0. The molecule has 1 saturated heterocycles. The first-order chi connectivity index (χ1) is 16.1. The lowest BCUT2D eigenvalue weighted by molar-refractivity contribution is -0.141. The van der Waals surface area contributed by atoms with E-state index in [1.807, 2.05) is 32.0 Å². The van der Waals surface area contributed by atoms with E-state index in [1.54, 1.807) is 6.07 Å². The minimum Gasteiger partial charge on any atom is -0.368 e. The first-order valence-electron chi connectivity index (χ1n) is 11.3. The van der Waals surface area contributed by atoms with E-state index in [2.05, 4.69) is 21.3 Å². The Bertz CT molecular complexity index is 1240. The Morgan fingerprint density at radius 1 is 1.18 bits per heavy atom. The second kappa shape index (κ2) is 7.55. The molecule has 1 aliphatic carbocycles. The third-order valence-electron chi connectivity index (χ3n) is 7.26. The molecule has 34 heavy (non-hydrogen) atoms. The molecular formula is C25H24F3N5O. The first-order valence-corrected chi connectivity index (χ1v) is 11.3. The molecule has 1 saturated carbocycles. The highest BCUT2D eigenvalue weighted by Crippen LogP contribution is 2.49. The van der Waals surface area contributed by atoms with Crippen molar-refractivity contribution >= 4 is 17.4 Å². The van der Waals surface area contributed by atoms with Crippen molar-refractivity contribution in [1.29, 1.82) is 5.26 Å². The number of carbonyl (C=O) groups is 1. The van der Waals surface area contributed by atoms with Crippen molar-refractivity contribution in [1.82, 2.24) is 10.3 Å². The van der Waals surface area contributed by atoms with Crippen LogP contribution in [0.15, 0.2) is 41.4 Å². The highest BCUT2D eigenvalue weighted by atomic mass is 19.4. The molecule has 2 aliphatic heterocycles. The number of nitrogens with zero attached hydrogens (tertiary/aromatic N) is 4. The molecule has 2 fully saturated rings. The number of aromatic nitrogens is 1. The van der Waals surface area contributed by atoms with Crippen LogP contribution in [0.5, 0.6) is 0 Å². The van der Waals surface area contributed by atoms with Crippen LogP contribution in [0.2, 0.25) is 0 Å². The normalized spacial score (nSPS) is 25.6. The molecule has 1 amide bonds. The molecule has 0 bridgehead atoms. The summed E-state index contributed by atoms with van der Waals surface area (Å²) in [7, 11) is 0. The average Bonchev–Trinajstić information content (AvgIpc) is 3.48. The summed E-state index contributed by atoms with van der Waals surface area (Å²) >= 11 is 0. The van der Waals surface area contributed by atoms with E-state index in [9.17, 15) is 23.2 Å². The number of anilines is 1. The van der Waals surface area contributed by atoms with E-state index in [0.29, 0.717) is 42.0 Å². The summed E-state index contributed by atoms with van der Waals surface area (Å²) in [6, 6.07) is 11.8. The predicted molar refractivity (Wildman–Crippen MR) is 120 cm³/mol. The zero-order valence-corrected chi connectivity index (χ0v) is 18.9. The van der Waals surface area contributed by atoms with Crippen LogP contribution >= 0.6 is 0 Å². The molecule has 1 aromatic heterocycles. The number of nitriles is 1. The van der Waals surface area contributed by atoms with Crippen LogP contribution in [0.25, 0.3) is 0 Å². The minimum atomic E-state index is -4.54. The molecule has 0 radical (unpaired) electrons. The number of hydrogen-bond donors (Lipinski definition) is 1. The monoisotopic (exact) mass is 467 g/mol. The van der Waals surface area contributed by atoms with Gasteiger partial charge in [-0.15, -0.1) is 0 Å². The zero-order chi connectivity index (χ0) is 24.3. The second-order valence-electron chi connectivity index (χ2n) is 9.72. The van der Waals surface area contributed by atoms with E-state index in [-0.39, 0.29) is 11.9 Å². The van der Waals surface area contributed by atoms with E-state index >= 15 is 0 Å². The number of nitrogens with one attached hydrogen (secondary N) is 1. The smallest absolute Gasteiger partial charge is 0.368 e. The third kappa shape index (κ3) is 3.61. The van der Waals surface area contributed by atoms with Gasteiger partial charge in [-0.3, -0.25) is 9.79 Å². The Hall–Kier alpha value is -3.41. The fourth-order valence-electron chi connectivity index (χ4n) is 5.05. The third-order valence-corrected chi connectivity index (χ3v) is 7.26. The van der Waals surface area contributed by atoms with Gasteiger partial charge in [0.25, 0.3) is 5.91 Å². The van der Waals surface area contributed by atoms with Gasteiger partial charge in [0.2, 0.25) is 0 Å². The quantitative estimate of drug-likeness (QED) is 0.729. The molecule has 2 atom stereocenters. The largest absolute Gasteiger partial charge is 0.433 e. The number of rotatable bonds is 3. The summed E-state index contributed by atoms with van der Waals surface area (Å²) in [5.74, 6) is 0.0572. The number of pyridine rings is 1. The Balaban J connectivity index is 1.48. The molecule has 1 spiro atoms. The number of alkyl halides is 3. The van der Waals surface area contributed by atoms with E-state index in [1.165, 1.54) is 6.07 Å². The fraction of sp³-hybridized carbons (Fsp3) is 0.440. The fourth-order valence-corrected chi connectivity index (χ4v) is 5.05. The van der Waals surface area contributed by atoms with Gasteiger partial charge in [-0.2, -0.15) is 18.4 Å². The van der Waals surface area contributed by atoms with Crippen LogP contribution in [-0.2, 0) is 16.4 Å². The van der Waals surface area contributed by atoms with Crippen molar-refractivity contribution < 1.29 is 18.0 Å². The Morgan fingerprint density at radius 2 is 1.91 bits per heavy atom. The van der Waals surface area contributed by atoms with Gasteiger partial charge in [0, 0.05) is 30.0 Å². The van der Waals surface area contributed by atoms with Gasteiger partial charge >= 0.3 is 6.18 Å². The number of piperidine rings is 1. The van der Waals surface area contributed by atoms with Crippen molar-refractivity contribution in [2.24, 2.45) is 4.99 Å². The van der Waals surface area contributed by atoms with Gasteiger partial charge in [-0.05, 0) is 50.5 Å². The number of para-hydroxylation sites is 1. The number of carbonyl (C=O) groups excluding carboxylic acids is 1. The number of amides is 1. The lowest BCUT2D eigenvalue weighted by Gasteiger charge is -2.42. The van der Waals surface area contributed by atoms with Crippen molar-refractivity contribution in [3.05, 3.63) is 58.9 Å². The first kappa shape index (κ1) is 22.4. The zero-order valence-electron chi connectivity index (χ0n) is 18.9. The van der Waals surface area contributed by atoms with Crippen molar-refractivity contribution in [3.8, 4) is 6.07 Å². The minimum absolute atomic E-state index is 0.0664. The standard InChI is InChI=1S/C25H24F3N5O/c1-15-13-24(11-12-33(15)18-6-4-3-5-16(18)14-29)22(34)31-21(32-24)17-7-8-19(25(26,27)28)30-20(17)23(2)9-10-23/h3-8,15H,9-13H2,1-2H3,(H,31,32,34)/t15-,24+/m0/s1. The molecule has 2 aromatic rings. The maximum absolute atomic E-state index is 13.3. The van der Waals surface area contributed by atoms with Gasteiger partial charge in [-0.25, -0.2) is 4.98 Å². The molecule has 6 nitrogen and oxygen atoms in total. The summed E-state index contributed by atoms with van der Waals surface area (Å²) in [5, 5.41) is 12.3. The van der Waals surface area contributed by atoms with Crippen LogP contribution in [0, 0.1) is 11.3 Å². The highest BCUT2D eigenvalue weighted by Gasteiger charge is 2.50. The van der Waals surface area contributed by atoms with E-state index in [4.69, 9.17) is 4.99 Å². The second-order valence-corrected chi connectivity index (χ2v) is 9.72. The number of halogens is 3. The molecule has 9 heteroatoms. The number of benzene rings is 1. The molecule has 5 rings (SSSR count). The highest BCUT2D eigenvalue weighted by molar-refractivity contribution is 6.16. The summed E-state index contributed by atoms with van der Waals surface area (Å²) in [6.45, 7) is 4.41. The summed E-state index contributed by atoms with van der Waals surface area (Å²) in [6.07, 6.45) is -2.19. The van der Waals surface area contributed by atoms with Crippen LogP contribution in [0.1, 0.15) is 62.0 Å². The molecule has 3 heterocycles. The van der Waals surface area contributed by atoms with Crippen LogP contribution in [0.3, 0.4) is 0 Å². The van der Waals surface area contributed by atoms with Gasteiger partial charge in [0.1, 0.15) is 23.1 Å². The topological polar surface area (TPSA) is 81.4 Å². The SMILES string of the molecule is C[C@H]1C[C@@]2(CCN1c1ccccc1C#N)N=C(c1ccc(C(F)(F)F)nc1C1(C)CC1)NC2=O. The number of amidine groups is 1. The van der Waals surface area contributed by atoms with Gasteiger partial charge < -0.3 is 10.2 Å². The van der Waals surface area contributed by atoms with Crippen molar-refractivity contribution in [3.63, 3.8) is 0 Å². The predicted octanol–water partition coefficient (Wildman–Crippen LogP) is 4.33. The molecule has 3 aliphatic rings. The molecular weight excluding hydrogens is 443 g/mol. The van der Waals surface area contributed by atoms with E-state index < -0.39 is 22.8 Å². The van der Waals surface area contributed by atoms with Crippen molar-refractivity contribution in [2.75, 3.05) is 11.4 Å². The summed E-state index contributed by atoms with van der Waals surface area (Å²) in [5.41, 5.74) is -0.171. The molecule has 176 valence electrons. The van der Waals surface area contributed by atoms with Gasteiger partial charge in [0.05, 0.1) is 16.9 Å². The maximum Gasteiger partial charge on any atom is 0.433 e. The number of aliphatic imine (C=N–C) groups is 1. The average molecular weight is 467 g/mol. The summed E-state index contributed by atoms with van der Waals surface area (Å²) < 4.78 is 40.0. The lowest BCUT2D eigenvalue weighted by atomic mass is 9.83. The number of hydrogen-bond acceptors (Lipinski definition) is 5. The molecule has 0 unspecified atom stereocenters. The van der Waals surface area contributed by atoms with Crippen LogP contribution < -0.4 is 10.2 Å². The Kier molecular flexibility index (Phi) is 4.97. The molecule has 1 N–H and O–H groups in total.